The minimum Gasteiger partial charge on any atom is -0.326 e. The Balaban J connectivity index is 2.02. The van der Waals surface area contributed by atoms with Gasteiger partial charge in [-0.25, -0.2) is 8.42 Å². The van der Waals surface area contributed by atoms with Crippen LogP contribution in [0.15, 0.2) is 36.4 Å². The summed E-state index contributed by atoms with van der Waals surface area (Å²) < 4.78 is 25.9. The van der Waals surface area contributed by atoms with Crippen molar-refractivity contribution in [2.45, 2.75) is 40.5 Å². The Morgan fingerprint density at radius 3 is 2.26 bits per heavy atom. The quantitative estimate of drug-likeness (QED) is 0.776. The molecule has 0 spiro atoms. The summed E-state index contributed by atoms with van der Waals surface area (Å²) in [6.45, 7) is 8.11. The van der Waals surface area contributed by atoms with E-state index in [0.717, 1.165) is 22.4 Å². The van der Waals surface area contributed by atoms with Crippen molar-refractivity contribution in [1.82, 2.24) is 0 Å². The summed E-state index contributed by atoms with van der Waals surface area (Å²) in [5, 5.41) is 2.88. The molecule has 0 aliphatic heterocycles. The average molecular weight is 389 g/mol. The zero-order valence-corrected chi connectivity index (χ0v) is 17.5. The molecular weight excluding hydrogens is 360 g/mol. The van der Waals surface area contributed by atoms with Gasteiger partial charge in [0.05, 0.1) is 11.9 Å². The predicted octanol–water partition coefficient (Wildman–Crippen LogP) is 4.11. The minimum absolute atomic E-state index is 0.118. The first-order chi connectivity index (χ1) is 12.6. The Morgan fingerprint density at radius 1 is 0.963 bits per heavy atom. The van der Waals surface area contributed by atoms with Gasteiger partial charge in [0, 0.05) is 18.7 Å². The molecule has 0 fully saturated rings. The summed E-state index contributed by atoms with van der Waals surface area (Å²) in [6, 6.07) is 11.5. The lowest BCUT2D eigenvalue weighted by Gasteiger charge is -2.24. The molecule has 146 valence electrons. The van der Waals surface area contributed by atoms with Gasteiger partial charge >= 0.3 is 0 Å². The van der Waals surface area contributed by atoms with Crippen molar-refractivity contribution in [2.75, 3.05) is 22.4 Å². The number of carbonyl (C=O) groups excluding carboxylic acids is 1. The fraction of sp³-hybridized carbons (Fsp3) is 0.381. The molecule has 1 amide bonds. The second kappa shape index (κ2) is 8.57. The second-order valence-corrected chi connectivity index (χ2v) is 8.98. The molecule has 0 unspecified atom stereocenters. The van der Waals surface area contributed by atoms with E-state index >= 15 is 0 Å². The number of carbonyl (C=O) groups is 1. The van der Waals surface area contributed by atoms with E-state index in [2.05, 4.69) is 5.32 Å². The summed E-state index contributed by atoms with van der Waals surface area (Å²) in [6.07, 6.45) is 1.89. The van der Waals surface area contributed by atoms with Crippen LogP contribution in [0, 0.1) is 27.7 Å². The van der Waals surface area contributed by atoms with E-state index in [1.165, 1.54) is 16.1 Å². The lowest BCUT2D eigenvalue weighted by Crippen LogP contribution is -2.32. The first-order valence-corrected chi connectivity index (χ1v) is 10.8. The lowest BCUT2D eigenvalue weighted by molar-refractivity contribution is -0.116. The van der Waals surface area contributed by atoms with Crippen LogP contribution < -0.4 is 9.62 Å². The molecule has 5 nitrogen and oxygen atoms in total. The molecule has 0 aliphatic rings. The number of sulfonamides is 1. The number of benzene rings is 2. The van der Waals surface area contributed by atoms with Crippen LogP contribution in [-0.4, -0.2) is 27.1 Å². The zero-order valence-electron chi connectivity index (χ0n) is 16.7. The first-order valence-electron chi connectivity index (χ1n) is 9.00. The third-order valence-electron chi connectivity index (χ3n) is 4.59. The van der Waals surface area contributed by atoms with Crippen molar-refractivity contribution in [3.05, 3.63) is 58.7 Å². The topological polar surface area (TPSA) is 66.5 Å². The number of hydrogen-bond donors (Lipinski definition) is 1. The smallest absolute Gasteiger partial charge is 0.232 e. The molecule has 0 atom stereocenters. The van der Waals surface area contributed by atoms with Crippen molar-refractivity contribution < 1.29 is 13.2 Å². The van der Waals surface area contributed by atoms with Gasteiger partial charge in [0.15, 0.2) is 0 Å². The Labute approximate surface area is 162 Å². The van der Waals surface area contributed by atoms with Crippen molar-refractivity contribution in [1.29, 1.82) is 0 Å². The van der Waals surface area contributed by atoms with Crippen molar-refractivity contribution in [3.63, 3.8) is 0 Å². The van der Waals surface area contributed by atoms with Gasteiger partial charge in [0.1, 0.15) is 0 Å². The molecule has 0 saturated heterocycles. The standard InChI is InChI=1S/C21H28N2O3S/c1-15-8-9-17(3)20(13-15)23(27(5,25)26)12-6-7-21(24)22-19-11-10-16(2)18(4)14-19/h8-11,13-14H,6-7,12H2,1-5H3,(H,22,24). The third kappa shape index (κ3) is 5.82. The SMILES string of the molecule is Cc1ccc(C)c(N(CCCC(=O)Nc2ccc(C)c(C)c2)S(C)(=O)=O)c1. The highest BCUT2D eigenvalue weighted by atomic mass is 32.2. The molecule has 1 N–H and O–H groups in total. The van der Waals surface area contributed by atoms with E-state index in [1.54, 1.807) is 0 Å². The average Bonchev–Trinajstić information content (AvgIpc) is 2.56. The number of hydrogen-bond acceptors (Lipinski definition) is 3. The molecule has 0 bridgehead atoms. The molecule has 0 aliphatic carbocycles. The largest absolute Gasteiger partial charge is 0.326 e. The van der Waals surface area contributed by atoms with Crippen molar-refractivity contribution >= 4 is 27.3 Å². The van der Waals surface area contributed by atoms with Crippen LogP contribution in [0.25, 0.3) is 0 Å². The normalized spacial score (nSPS) is 11.3. The number of nitrogens with one attached hydrogen (secondary N) is 1. The van der Waals surface area contributed by atoms with Gasteiger partial charge in [-0.15, -0.1) is 0 Å². The van der Waals surface area contributed by atoms with Crippen LogP contribution in [-0.2, 0) is 14.8 Å². The second-order valence-electron chi connectivity index (χ2n) is 7.08. The Bertz CT molecular complexity index is 936. The number of aryl methyl sites for hydroxylation is 4. The van der Waals surface area contributed by atoms with E-state index in [1.807, 2.05) is 64.1 Å². The Hall–Kier alpha value is -2.34. The summed E-state index contributed by atoms with van der Waals surface area (Å²) in [4.78, 5) is 12.2. The van der Waals surface area contributed by atoms with Crippen molar-refractivity contribution in [3.8, 4) is 0 Å². The number of amides is 1. The number of anilines is 2. The van der Waals surface area contributed by atoms with E-state index in [0.29, 0.717) is 12.1 Å². The lowest BCUT2D eigenvalue weighted by atomic mass is 10.1. The van der Waals surface area contributed by atoms with Crippen molar-refractivity contribution in [2.24, 2.45) is 0 Å². The van der Waals surface area contributed by atoms with Gasteiger partial charge in [-0.2, -0.15) is 0 Å². The van der Waals surface area contributed by atoms with Gasteiger partial charge < -0.3 is 5.32 Å². The molecule has 0 radical (unpaired) electrons. The number of rotatable bonds is 7. The van der Waals surface area contributed by atoms with Gasteiger partial charge in [0.25, 0.3) is 0 Å². The Kier molecular flexibility index (Phi) is 6.65. The molecule has 2 aromatic rings. The predicted molar refractivity (Wildman–Crippen MR) is 112 cm³/mol. The summed E-state index contributed by atoms with van der Waals surface area (Å²) in [5.74, 6) is -0.118. The van der Waals surface area contributed by atoms with Gasteiger partial charge in [0.2, 0.25) is 15.9 Å². The van der Waals surface area contributed by atoms with Gasteiger partial charge in [-0.05, 0) is 74.6 Å². The van der Waals surface area contributed by atoms with E-state index in [-0.39, 0.29) is 18.9 Å². The highest BCUT2D eigenvalue weighted by molar-refractivity contribution is 7.92. The van der Waals surface area contributed by atoms with Crippen LogP contribution in [0.5, 0.6) is 0 Å². The molecule has 27 heavy (non-hydrogen) atoms. The summed E-state index contributed by atoms with van der Waals surface area (Å²) in [7, 11) is -3.42. The van der Waals surface area contributed by atoms with Gasteiger partial charge in [-0.3, -0.25) is 9.10 Å². The Morgan fingerprint density at radius 2 is 1.63 bits per heavy atom. The number of nitrogens with zero attached hydrogens (tertiary/aromatic N) is 1. The van der Waals surface area contributed by atoms with Gasteiger partial charge in [-0.1, -0.05) is 18.2 Å². The zero-order chi connectivity index (χ0) is 20.2. The van der Waals surface area contributed by atoms with Crippen LogP contribution in [0.1, 0.15) is 35.1 Å². The highest BCUT2D eigenvalue weighted by Crippen LogP contribution is 2.24. The maximum Gasteiger partial charge on any atom is 0.232 e. The maximum absolute atomic E-state index is 12.3. The molecule has 0 aromatic heterocycles. The molecule has 2 aromatic carbocycles. The third-order valence-corrected chi connectivity index (χ3v) is 5.77. The van der Waals surface area contributed by atoms with E-state index in [4.69, 9.17) is 0 Å². The first kappa shape index (κ1) is 21.0. The fourth-order valence-electron chi connectivity index (χ4n) is 2.88. The van der Waals surface area contributed by atoms with E-state index < -0.39 is 10.0 Å². The van der Waals surface area contributed by atoms with Crippen LogP contribution in [0.4, 0.5) is 11.4 Å². The summed E-state index contributed by atoms with van der Waals surface area (Å²) in [5.41, 5.74) is 5.61. The molecular formula is C21H28N2O3S. The maximum atomic E-state index is 12.3. The fourth-order valence-corrected chi connectivity index (χ4v) is 3.89. The monoisotopic (exact) mass is 388 g/mol. The molecule has 0 heterocycles. The molecule has 2 rings (SSSR count). The molecule has 0 saturated carbocycles. The van der Waals surface area contributed by atoms with Crippen LogP contribution >= 0.6 is 0 Å². The molecule has 6 heteroatoms. The van der Waals surface area contributed by atoms with Crippen LogP contribution in [0.3, 0.4) is 0 Å². The summed E-state index contributed by atoms with van der Waals surface area (Å²) >= 11 is 0. The minimum atomic E-state index is -3.42. The highest BCUT2D eigenvalue weighted by Gasteiger charge is 2.19. The van der Waals surface area contributed by atoms with E-state index in [9.17, 15) is 13.2 Å². The van der Waals surface area contributed by atoms with Crippen LogP contribution in [0.2, 0.25) is 0 Å².